The molecular formula is C16H25NS. The Morgan fingerprint density at radius 3 is 2.33 bits per heavy atom. The Bertz CT molecular complexity index is 360. The van der Waals surface area contributed by atoms with Gasteiger partial charge >= 0.3 is 0 Å². The highest BCUT2D eigenvalue weighted by atomic mass is 32.2. The van der Waals surface area contributed by atoms with Crippen LogP contribution in [0, 0.1) is 0 Å². The van der Waals surface area contributed by atoms with Gasteiger partial charge in [-0.2, -0.15) is 11.8 Å². The van der Waals surface area contributed by atoms with Crippen molar-refractivity contribution in [1.29, 1.82) is 0 Å². The van der Waals surface area contributed by atoms with Crippen LogP contribution in [0.3, 0.4) is 0 Å². The summed E-state index contributed by atoms with van der Waals surface area (Å²) in [4.78, 5) is 0. The molecular weight excluding hydrogens is 238 g/mol. The SMILES string of the molecule is CSC1(CNCc2ccc(C(C)C)cc2)CCC1. The van der Waals surface area contributed by atoms with E-state index in [-0.39, 0.29) is 0 Å². The Hall–Kier alpha value is -0.470. The van der Waals surface area contributed by atoms with E-state index in [1.165, 1.54) is 30.4 Å². The molecule has 0 aromatic heterocycles. The van der Waals surface area contributed by atoms with Crippen molar-refractivity contribution in [3.63, 3.8) is 0 Å². The van der Waals surface area contributed by atoms with Crippen LogP contribution in [0.4, 0.5) is 0 Å². The smallest absolute Gasteiger partial charge is 0.0281 e. The molecule has 1 saturated carbocycles. The zero-order valence-corrected chi connectivity index (χ0v) is 12.6. The largest absolute Gasteiger partial charge is 0.311 e. The first-order valence-corrected chi connectivity index (χ1v) is 8.22. The van der Waals surface area contributed by atoms with Gasteiger partial charge in [-0.05, 0) is 36.1 Å². The first kappa shape index (κ1) is 14.0. The molecule has 0 saturated heterocycles. The molecule has 18 heavy (non-hydrogen) atoms. The molecule has 1 aliphatic rings. The van der Waals surface area contributed by atoms with E-state index in [1.807, 2.05) is 11.8 Å². The molecule has 0 radical (unpaired) electrons. The summed E-state index contributed by atoms with van der Waals surface area (Å²) in [7, 11) is 0. The van der Waals surface area contributed by atoms with Gasteiger partial charge in [-0.1, -0.05) is 44.5 Å². The van der Waals surface area contributed by atoms with Crippen LogP contribution in [0.1, 0.15) is 50.2 Å². The lowest BCUT2D eigenvalue weighted by atomic mass is 9.84. The molecule has 1 aromatic carbocycles. The number of benzene rings is 1. The van der Waals surface area contributed by atoms with Crippen LogP contribution in [0.2, 0.25) is 0 Å². The minimum absolute atomic E-state index is 0.540. The monoisotopic (exact) mass is 263 g/mol. The molecule has 0 atom stereocenters. The van der Waals surface area contributed by atoms with Gasteiger partial charge in [0.05, 0.1) is 0 Å². The van der Waals surface area contributed by atoms with E-state index in [2.05, 4.69) is 49.7 Å². The normalized spacial score (nSPS) is 17.8. The maximum absolute atomic E-state index is 3.62. The van der Waals surface area contributed by atoms with E-state index < -0.39 is 0 Å². The van der Waals surface area contributed by atoms with Crippen molar-refractivity contribution in [2.24, 2.45) is 0 Å². The number of hydrogen-bond donors (Lipinski definition) is 1. The van der Waals surface area contributed by atoms with Gasteiger partial charge in [0.2, 0.25) is 0 Å². The maximum Gasteiger partial charge on any atom is 0.0281 e. The minimum atomic E-state index is 0.540. The van der Waals surface area contributed by atoms with Gasteiger partial charge in [-0.25, -0.2) is 0 Å². The summed E-state index contributed by atoms with van der Waals surface area (Å²) in [5.74, 6) is 0.627. The van der Waals surface area contributed by atoms with Crippen molar-refractivity contribution >= 4 is 11.8 Å². The molecule has 0 heterocycles. The van der Waals surface area contributed by atoms with Gasteiger partial charge in [-0.3, -0.25) is 0 Å². The fraction of sp³-hybridized carbons (Fsp3) is 0.625. The fourth-order valence-corrected chi connectivity index (χ4v) is 3.42. The topological polar surface area (TPSA) is 12.0 Å². The molecule has 1 aliphatic carbocycles. The van der Waals surface area contributed by atoms with Crippen LogP contribution in [0.5, 0.6) is 0 Å². The van der Waals surface area contributed by atoms with Crippen molar-refractivity contribution in [3.8, 4) is 0 Å². The van der Waals surface area contributed by atoms with Gasteiger partial charge < -0.3 is 5.32 Å². The zero-order valence-electron chi connectivity index (χ0n) is 11.8. The van der Waals surface area contributed by atoms with Gasteiger partial charge in [0.15, 0.2) is 0 Å². The molecule has 100 valence electrons. The van der Waals surface area contributed by atoms with Crippen molar-refractivity contribution in [2.75, 3.05) is 12.8 Å². The Kier molecular flexibility index (Phi) is 4.74. The van der Waals surface area contributed by atoms with Crippen LogP contribution in [-0.4, -0.2) is 17.5 Å². The number of thioether (sulfide) groups is 1. The second-order valence-corrected chi connectivity index (χ2v) is 7.01. The highest BCUT2D eigenvalue weighted by Crippen LogP contribution is 2.42. The summed E-state index contributed by atoms with van der Waals surface area (Å²) in [5, 5.41) is 3.62. The summed E-state index contributed by atoms with van der Waals surface area (Å²) in [6.07, 6.45) is 6.42. The standard InChI is InChI=1S/C16H25NS/c1-13(2)15-7-5-14(6-8-15)11-17-12-16(18-3)9-4-10-16/h5-8,13,17H,4,9-12H2,1-3H3. The minimum Gasteiger partial charge on any atom is -0.311 e. The molecule has 0 amide bonds. The van der Waals surface area contributed by atoms with E-state index in [0.717, 1.165) is 13.1 Å². The average molecular weight is 263 g/mol. The number of hydrogen-bond acceptors (Lipinski definition) is 2. The predicted octanol–water partition coefficient (Wildman–Crippen LogP) is 4.19. The molecule has 1 fully saturated rings. The Morgan fingerprint density at radius 1 is 1.22 bits per heavy atom. The third-order valence-corrected chi connectivity index (χ3v) is 5.54. The van der Waals surface area contributed by atoms with Crippen LogP contribution in [0.25, 0.3) is 0 Å². The third kappa shape index (κ3) is 3.30. The van der Waals surface area contributed by atoms with E-state index in [4.69, 9.17) is 0 Å². The van der Waals surface area contributed by atoms with Crippen molar-refractivity contribution in [1.82, 2.24) is 5.32 Å². The average Bonchev–Trinajstić information content (AvgIpc) is 2.33. The van der Waals surface area contributed by atoms with Gasteiger partial charge in [0, 0.05) is 17.8 Å². The molecule has 1 aromatic rings. The van der Waals surface area contributed by atoms with Crippen molar-refractivity contribution < 1.29 is 0 Å². The van der Waals surface area contributed by atoms with E-state index in [9.17, 15) is 0 Å². The first-order valence-electron chi connectivity index (χ1n) is 7.00. The molecule has 0 spiro atoms. The summed E-state index contributed by atoms with van der Waals surface area (Å²) in [6, 6.07) is 9.04. The summed E-state index contributed by atoms with van der Waals surface area (Å²) in [5.41, 5.74) is 2.83. The maximum atomic E-state index is 3.62. The molecule has 0 unspecified atom stereocenters. The molecule has 0 aliphatic heterocycles. The van der Waals surface area contributed by atoms with Gasteiger partial charge in [0.25, 0.3) is 0 Å². The van der Waals surface area contributed by atoms with Crippen LogP contribution in [0.15, 0.2) is 24.3 Å². The molecule has 1 nitrogen and oxygen atoms in total. The van der Waals surface area contributed by atoms with Crippen LogP contribution < -0.4 is 5.32 Å². The lowest BCUT2D eigenvalue weighted by molar-refractivity contribution is 0.345. The van der Waals surface area contributed by atoms with Gasteiger partial charge in [0.1, 0.15) is 0 Å². The molecule has 2 rings (SSSR count). The van der Waals surface area contributed by atoms with Crippen LogP contribution in [-0.2, 0) is 6.54 Å². The Morgan fingerprint density at radius 2 is 1.89 bits per heavy atom. The number of nitrogens with one attached hydrogen (secondary N) is 1. The van der Waals surface area contributed by atoms with Crippen LogP contribution >= 0.6 is 11.8 Å². The molecule has 0 bridgehead atoms. The lowest BCUT2D eigenvalue weighted by Gasteiger charge is -2.40. The second kappa shape index (κ2) is 6.12. The van der Waals surface area contributed by atoms with E-state index in [1.54, 1.807) is 0 Å². The van der Waals surface area contributed by atoms with Crippen molar-refractivity contribution in [3.05, 3.63) is 35.4 Å². The first-order chi connectivity index (χ1) is 8.65. The number of rotatable bonds is 6. The summed E-state index contributed by atoms with van der Waals surface area (Å²) >= 11 is 2.04. The Labute approximate surface area is 116 Å². The fourth-order valence-electron chi connectivity index (χ4n) is 2.48. The second-order valence-electron chi connectivity index (χ2n) is 5.74. The molecule has 1 N–H and O–H groups in total. The highest BCUT2D eigenvalue weighted by Gasteiger charge is 2.35. The highest BCUT2D eigenvalue weighted by molar-refractivity contribution is 8.00. The third-order valence-electron chi connectivity index (χ3n) is 4.12. The van der Waals surface area contributed by atoms with Crippen molar-refractivity contribution in [2.45, 2.75) is 50.3 Å². The quantitative estimate of drug-likeness (QED) is 0.826. The van der Waals surface area contributed by atoms with E-state index >= 15 is 0 Å². The van der Waals surface area contributed by atoms with E-state index in [0.29, 0.717) is 10.7 Å². The van der Waals surface area contributed by atoms with Gasteiger partial charge in [-0.15, -0.1) is 0 Å². The molecule has 2 heteroatoms. The predicted molar refractivity (Wildman–Crippen MR) is 82.3 cm³/mol. The lowest BCUT2D eigenvalue weighted by Crippen LogP contribution is -2.43. The summed E-state index contributed by atoms with van der Waals surface area (Å²) in [6.45, 7) is 6.64. The summed E-state index contributed by atoms with van der Waals surface area (Å²) < 4.78 is 0.540. The Balaban J connectivity index is 1.79. The zero-order chi connectivity index (χ0) is 13.0.